The second-order valence-corrected chi connectivity index (χ2v) is 7.07. The van der Waals surface area contributed by atoms with Gasteiger partial charge in [-0.3, -0.25) is 4.79 Å². The maximum absolute atomic E-state index is 13.7. The largest absolute Gasteiger partial charge is 0.351 e. The average Bonchev–Trinajstić information content (AvgIpc) is 3.18. The van der Waals surface area contributed by atoms with Crippen molar-refractivity contribution in [2.75, 3.05) is 6.54 Å². The second-order valence-electron chi connectivity index (χ2n) is 5.63. The van der Waals surface area contributed by atoms with Crippen molar-refractivity contribution in [2.45, 2.75) is 25.2 Å². The van der Waals surface area contributed by atoms with Gasteiger partial charge in [-0.15, -0.1) is 10.2 Å². The summed E-state index contributed by atoms with van der Waals surface area (Å²) < 4.78 is 15.5. The molecule has 1 aliphatic rings. The molecule has 1 fully saturated rings. The molecular formula is C15H13ClFN5OS. The maximum Gasteiger partial charge on any atom is 0.255 e. The number of fused-ring (bicyclic) bond motifs is 1. The van der Waals surface area contributed by atoms with Crippen LogP contribution in [0.15, 0.2) is 18.2 Å². The van der Waals surface area contributed by atoms with Crippen LogP contribution < -0.4 is 5.32 Å². The lowest BCUT2D eigenvalue weighted by Gasteiger charge is -2.06. The fourth-order valence-electron chi connectivity index (χ4n) is 2.45. The zero-order valence-corrected chi connectivity index (χ0v) is 14.1. The quantitative estimate of drug-likeness (QED) is 0.754. The summed E-state index contributed by atoms with van der Waals surface area (Å²) in [5.41, 5.74) is -0.131. The van der Waals surface area contributed by atoms with E-state index in [0.29, 0.717) is 18.9 Å². The van der Waals surface area contributed by atoms with Gasteiger partial charge in [-0.1, -0.05) is 29.0 Å². The van der Waals surface area contributed by atoms with Gasteiger partial charge in [0.2, 0.25) is 4.96 Å². The molecule has 1 aliphatic carbocycles. The molecule has 2 heterocycles. The van der Waals surface area contributed by atoms with Crippen LogP contribution in [-0.2, 0) is 6.42 Å². The Bertz CT molecular complexity index is 900. The van der Waals surface area contributed by atoms with Gasteiger partial charge in [-0.2, -0.15) is 9.61 Å². The lowest BCUT2D eigenvalue weighted by molar-refractivity contribution is 0.0950. The van der Waals surface area contributed by atoms with E-state index in [9.17, 15) is 9.18 Å². The van der Waals surface area contributed by atoms with Crippen molar-refractivity contribution in [1.82, 2.24) is 25.1 Å². The number of benzene rings is 1. The second kappa shape index (κ2) is 6.10. The van der Waals surface area contributed by atoms with E-state index in [-0.39, 0.29) is 10.6 Å². The van der Waals surface area contributed by atoms with Crippen molar-refractivity contribution in [3.8, 4) is 0 Å². The molecule has 0 saturated heterocycles. The minimum atomic E-state index is -0.632. The zero-order valence-electron chi connectivity index (χ0n) is 12.5. The Morgan fingerprint density at radius 2 is 2.25 bits per heavy atom. The Morgan fingerprint density at radius 3 is 3.00 bits per heavy atom. The summed E-state index contributed by atoms with van der Waals surface area (Å²) in [6, 6.07) is 4.16. The molecule has 0 aliphatic heterocycles. The van der Waals surface area contributed by atoms with Gasteiger partial charge in [0.1, 0.15) is 10.8 Å². The molecule has 9 heteroatoms. The number of hydrogen-bond donors (Lipinski definition) is 1. The van der Waals surface area contributed by atoms with Gasteiger partial charge < -0.3 is 5.32 Å². The van der Waals surface area contributed by atoms with Gasteiger partial charge >= 0.3 is 0 Å². The number of hydrogen-bond acceptors (Lipinski definition) is 5. The number of nitrogens with zero attached hydrogens (tertiary/aromatic N) is 4. The normalized spacial score (nSPS) is 14.2. The Labute approximate surface area is 145 Å². The standard InChI is InChI=1S/C15H13ClFN5OS/c16-9-2-1-3-10(17)12(9)14(23)18-7-6-11-21-22-13(8-4-5-8)19-20-15(22)24-11/h1-3,8H,4-7H2,(H,18,23). The molecule has 24 heavy (non-hydrogen) atoms. The van der Waals surface area contributed by atoms with Crippen molar-refractivity contribution < 1.29 is 9.18 Å². The van der Waals surface area contributed by atoms with Crippen LogP contribution in [0.4, 0.5) is 4.39 Å². The van der Waals surface area contributed by atoms with Crippen molar-refractivity contribution in [3.05, 3.63) is 45.4 Å². The number of nitrogens with one attached hydrogen (secondary N) is 1. The number of rotatable bonds is 5. The zero-order chi connectivity index (χ0) is 16.7. The Hall–Kier alpha value is -2.06. The van der Waals surface area contributed by atoms with E-state index in [0.717, 1.165) is 28.6 Å². The van der Waals surface area contributed by atoms with Crippen LogP contribution in [0.5, 0.6) is 0 Å². The first kappa shape index (κ1) is 15.5. The smallest absolute Gasteiger partial charge is 0.255 e. The van der Waals surface area contributed by atoms with Gasteiger partial charge in [-0.25, -0.2) is 4.39 Å². The summed E-state index contributed by atoms with van der Waals surface area (Å²) in [7, 11) is 0. The maximum atomic E-state index is 13.7. The van der Waals surface area contributed by atoms with Crippen LogP contribution in [0.1, 0.15) is 39.9 Å². The van der Waals surface area contributed by atoms with Crippen molar-refractivity contribution in [1.29, 1.82) is 0 Å². The fraction of sp³-hybridized carbons (Fsp3) is 0.333. The third-order valence-corrected chi connectivity index (χ3v) is 5.09. The molecule has 0 bridgehead atoms. The van der Waals surface area contributed by atoms with E-state index in [2.05, 4.69) is 20.6 Å². The molecule has 6 nitrogen and oxygen atoms in total. The highest BCUT2D eigenvalue weighted by molar-refractivity contribution is 7.16. The van der Waals surface area contributed by atoms with Crippen LogP contribution in [0, 0.1) is 5.82 Å². The summed E-state index contributed by atoms with van der Waals surface area (Å²) in [6.07, 6.45) is 2.80. The monoisotopic (exact) mass is 365 g/mol. The van der Waals surface area contributed by atoms with Crippen LogP contribution in [0.2, 0.25) is 5.02 Å². The first-order valence-corrected chi connectivity index (χ1v) is 8.76. The highest BCUT2D eigenvalue weighted by Gasteiger charge is 2.30. The number of amides is 1. The van der Waals surface area contributed by atoms with Crippen LogP contribution in [0.25, 0.3) is 4.96 Å². The van der Waals surface area contributed by atoms with E-state index >= 15 is 0 Å². The third-order valence-electron chi connectivity index (χ3n) is 3.81. The fourth-order valence-corrected chi connectivity index (χ4v) is 3.54. The van der Waals surface area contributed by atoms with Crippen molar-refractivity contribution in [2.24, 2.45) is 0 Å². The predicted molar refractivity (Wildman–Crippen MR) is 88.1 cm³/mol. The average molecular weight is 366 g/mol. The molecule has 2 aromatic heterocycles. The highest BCUT2D eigenvalue weighted by Crippen LogP contribution is 2.39. The molecule has 0 spiro atoms. The van der Waals surface area contributed by atoms with E-state index in [1.165, 1.54) is 29.5 Å². The Balaban J connectivity index is 1.41. The van der Waals surface area contributed by atoms with Gasteiger partial charge in [-0.05, 0) is 25.0 Å². The topological polar surface area (TPSA) is 72.2 Å². The van der Waals surface area contributed by atoms with E-state index in [1.54, 1.807) is 4.52 Å². The number of carbonyl (C=O) groups excluding carboxylic acids is 1. The van der Waals surface area contributed by atoms with Gasteiger partial charge in [0.25, 0.3) is 5.91 Å². The van der Waals surface area contributed by atoms with Crippen LogP contribution >= 0.6 is 22.9 Å². The first-order valence-electron chi connectivity index (χ1n) is 7.56. The lowest BCUT2D eigenvalue weighted by atomic mass is 10.2. The Kier molecular flexibility index (Phi) is 3.93. The summed E-state index contributed by atoms with van der Waals surface area (Å²) in [5, 5.41) is 16.4. The van der Waals surface area contributed by atoms with Gasteiger partial charge in [0.15, 0.2) is 5.82 Å². The molecule has 0 unspecified atom stereocenters. The molecule has 4 rings (SSSR count). The van der Waals surface area contributed by atoms with E-state index in [4.69, 9.17) is 11.6 Å². The first-order chi connectivity index (χ1) is 11.6. The number of carbonyl (C=O) groups is 1. The van der Waals surface area contributed by atoms with Gasteiger partial charge in [0.05, 0.1) is 10.6 Å². The predicted octanol–water partition coefficient (Wildman–Crippen LogP) is 2.83. The lowest BCUT2D eigenvalue weighted by Crippen LogP contribution is -2.26. The van der Waals surface area contributed by atoms with Crippen molar-refractivity contribution in [3.63, 3.8) is 0 Å². The molecule has 1 saturated carbocycles. The highest BCUT2D eigenvalue weighted by atomic mass is 35.5. The summed E-state index contributed by atoms with van der Waals surface area (Å²) in [6.45, 7) is 0.340. The SMILES string of the molecule is O=C(NCCc1nn2c(C3CC3)nnc2s1)c1c(F)cccc1Cl. The molecule has 1 aromatic carbocycles. The summed E-state index contributed by atoms with van der Waals surface area (Å²) >= 11 is 7.33. The van der Waals surface area contributed by atoms with Crippen LogP contribution in [-0.4, -0.2) is 32.3 Å². The molecule has 0 atom stereocenters. The van der Waals surface area contributed by atoms with Crippen LogP contribution in [0.3, 0.4) is 0 Å². The minimum absolute atomic E-state index is 0.0976. The Morgan fingerprint density at radius 1 is 1.42 bits per heavy atom. The van der Waals surface area contributed by atoms with Gasteiger partial charge in [0, 0.05) is 18.9 Å². The number of aromatic nitrogens is 4. The van der Waals surface area contributed by atoms with E-state index in [1.807, 2.05) is 0 Å². The molecule has 1 amide bonds. The molecular weight excluding hydrogens is 353 g/mol. The molecule has 3 aromatic rings. The summed E-state index contributed by atoms with van der Waals surface area (Å²) in [5.74, 6) is 0.222. The number of halogens is 2. The molecule has 0 radical (unpaired) electrons. The third kappa shape index (κ3) is 2.87. The summed E-state index contributed by atoms with van der Waals surface area (Å²) in [4.78, 5) is 12.8. The van der Waals surface area contributed by atoms with E-state index < -0.39 is 11.7 Å². The van der Waals surface area contributed by atoms with Crippen molar-refractivity contribution >= 4 is 33.8 Å². The minimum Gasteiger partial charge on any atom is -0.351 e. The molecule has 124 valence electrons. The molecule has 1 N–H and O–H groups in total.